The third-order valence-electron chi connectivity index (χ3n) is 0.621. The molecule has 0 saturated carbocycles. The molecule has 0 aromatic carbocycles. The Kier molecular flexibility index (Phi) is 3.36. The van der Waals surface area contributed by atoms with Crippen LogP contribution in [0.5, 0.6) is 0 Å². The van der Waals surface area contributed by atoms with Gasteiger partial charge in [-0.2, -0.15) is 0 Å². The van der Waals surface area contributed by atoms with Crippen LogP contribution in [0.3, 0.4) is 0 Å². The average molecular weight is 103 g/mol. The van der Waals surface area contributed by atoms with Crippen LogP contribution in [-0.4, -0.2) is 28.6 Å². The fourth-order valence-corrected chi connectivity index (χ4v) is 0.160. The summed E-state index contributed by atoms with van der Waals surface area (Å²) < 4.78 is 0. The van der Waals surface area contributed by atoms with Crippen molar-refractivity contribution < 1.29 is 10.2 Å². The fourth-order valence-electron chi connectivity index (χ4n) is 0.160. The lowest BCUT2D eigenvalue weighted by Gasteiger charge is -2.10. The van der Waals surface area contributed by atoms with E-state index in [1.54, 1.807) is 0 Å². The highest BCUT2D eigenvalue weighted by atomic mass is 16.3. The highest BCUT2D eigenvalue weighted by Gasteiger charge is 1.85. The van der Waals surface area contributed by atoms with Gasteiger partial charge in [-0.15, -0.1) is 0 Å². The molecule has 7 heavy (non-hydrogen) atoms. The third kappa shape index (κ3) is 2.19. The normalized spacial score (nSPS) is 8.29. The molecule has 0 spiro atoms. The lowest BCUT2D eigenvalue weighted by molar-refractivity contribution is 0.0688. The molecule has 3 heteroatoms. The first-order valence-electron chi connectivity index (χ1n) is 1.93. The number of hydrogen-bond donors (Lipinski definition) is 2. The van der Waals surface area contributed by atoms with Crippen molar-refractivity contribution >= 4 is 0 Å². The van der Waals surface area contributed by atoms with Gasteiger partial charge in [0, 0.05) is 0 Å². The van der Waals surface area contributed by atoms with E-state index in [2.05, 4.69) is 6.58 Å². The van der Waals surface area contributed by atoms with Crippen LogP contribution in [0.1, 0.15) is 0 Å². The molecule has 0 amide bonds. The van der Waals surface area contributed by atoms with Crippen molar-refractivity contribution in [2.75, 3.05) is 13.5 Å². The summed E-state index contributed by atoms with van der Waals surface area (Å²) in [5.41, 5.74) is 0. The van der Waals surface area contributed by atoms with Gasteiger partial charge in [-0.3, -0.25) is 0 Å². The lowest BCUT2D eigenvalue weighted by Crippen LogP contribution is -2.18. The first kappa shape index (κ1) is 6.46. The van der Waals surface area contributed by atoms with E-state index in [0.717, 1.165) is 0 Å². The Bertz CT molecular complexity index is 51.7. The van der Waals surface area contributed by atoms with Gasteiger partial charge in [0.15, 0.2) is 0 Å². The quantitative estimate of drug-likeness (QED) is 0.466. The zero-order chi connectivity index (χ0) is 5.70. The molecule has 0 aromatic rings. The Morgan fingerprint density at radius 3 is 1.86 bits per heavy atom. The minimum atomic E-state index is -0.181. The summed E-state index contributed by atoms with van der Waals surface area (Å²) in [5.74, 6) is 0. The molecule has 0 rings (SSSR count). The predicted molar refractivity (Wildman–Crippen MR) is 26.2 cm³/mol. The molecular formula is C4H9NO2. The van der Waals surface area contributed by atoms with E-state index < -0.39 is 0 Å². The summed E-state index contributed by atoms with van der Waals surface area (Å²) in [7, 11) is 0. The molecule has 0 aliphatic rings. The van der Waals surface area contributed by atoms with Crippen molar-refractivity contribution in [2.45, 2.75) is 0 Å². The van der Waals surface area contributed by atoms with E-state index in [-0.39, 0.29) is 13.5 Å². The third-order valence-corrected chi connectivity index (χ3v) is 0.621. The van der Waals surface area contributed by atoms with Crippen LogP contribution in [0.4, 0.5) is 0 Å². The highest BCUT2D eigenvalue weighted by molar-refractivity contribution is 4.62. The number of nitrogens with zero attached hydrogens (tertiary/aromatic N) is 1. The first-order chi connectivity index (χ1) is 3.35. The van der Waals surface area contributed by atoms with Gasteiger partial charge in [-0.1, -0.05) is 6.58 Å². The smallest absolute Gasteiger partial charge is 0.117 e. The van der Waals surface area contributed by atoms with E-state index in [0.29, 0.717) is 0 Å². The monoisotopic (exact) mass is 103 g/mol. The summed E-state index contributed by atoms with van der Waals surface area (Å²) in [5, 5.41) is 16.4. The molecule has 0 bridgehead atoms. The van der Waals surface area contributed by atoms with E-state index in [9.17, 15) is 0 Å². The molecule has 3 nitrogen and oxygen atoms in total. The molecule has 2 N–H and O–H groups in total. The van der Waals surface area contributed by atoms with Crippen LogP contribution < -0.4 is 0 Å². The molecule has 0 radical (unpaired) electrons. The zero-order valence-corrected chi connectivity index (χ0v) is 4.04. The van der Waals surface area contributed by atoms with Gasteiger partial charge in [-0.05, 0) is 6.20 Å². The number of aliphatic hydroxyl groups excluding tert-OH is 2. The minimum Gasteiger partial charge on any atom is -0.376 e. The Balaban J connectivity index is 3.16. The molecule has 0 unspecified atom stereocenters. The van der Waals surface area contributed by atoms with Gasteiger partial charge in [0.05, 0.1) is 0 Å². The summed E-state index contributed by atoms with van der Waals surface area (Å²) in [6.45, 7) is 2.95. The van der Waals surface area contributed by atoms with Gasteiger partial charge >= 0.3 is 0 Å². The van der Waals surface area contributed by atoms with Crippen LogP contribution in [0.15, 0.2) is 12.8 Å². The Morgan fingerprint density at radius 1 is 1.43 bits per heavy atom. The molecule has 0 heterocycles. The van der Waals surface area contributed by atoms with Crippen molar-refractivity contribution in [3.63, 3.8) is 0 Å². The largest absolute Gasteiger partial charge is 0.376 e. The fraction of sp³-hybridized carbons (Fsp3) is 0.500. The molecule has 0 aliphatic carbocycles. The second kappa shape index (κ2) is 3.64. The Morgan fingerprint density at radius 2 is 1.86 bits per heavy atom. The van der Waals surface area contributed by atoms with Crippen molar-refractivity contribution in [3.05, 3.63) is 12.8 Å². The standard InChI is InChI=1S/C4H9NO2/c1-2-5(3-6)4-7/h2,6-7H,1,3-4H2. The molecule has 0 aromatic heterocycles. The maximum Gasteiger partial charge on any atom is 0.117 e. The maximum atomic E-state index is 8.22. The van der Waals surface area contributed by atoms with E-state index in [1.807, 2.05) is 0 Å². The van der Waals surface area contributed by atoms with Gasteiger partial charge in [0.25, 0.3) is 0 Å². The predicted octanol–water partition coefficient (Wildman–Crippen LogP) is -0.669. The van der Waals surface area contributed by atoms with E-state index in [4.69, 9.17) is 10.2 Å². The topological polar surface area (TPSA) is 43.7 Å². The molecule has 0 saturated heterocycles. The number of aliphatic hydroxyl groups is 2. The van der Waals surface area contributed by atoms with Gasteiger partial charge in [0.1, 0.15) is 13.5 Å². The summed E-state index contributed by atoms with van der Waals surface area (Å²) in [6.07, 6.45) is 1.36. The van der Waals surface area contributed by atoms with Gasteiger partial charge in [0.2, 0.25) is 0 Å². The summed E-state index contributed by atoms with van der Waals surface area (Å²) >= 11 is 0. The van der Waals surface area contributed by atoms with Gasteiger partial charge < -0.3 is 15.1 Å². The summed E-state index contributed by atoms with van der Waals surface area (Å²) in [4.78, 5) is 1.25. The molecule has 0 aliphatic heterocycles. The molecule has 42 valence electrons. The van der Waals surface area contributed by atoms with Crippen LogP contribution in [0.2, 0.25) is 0 Å². The van der Waals surface area contributed by atoms with Crippen LogP contribution in [-0.2, 0) is 0 Å². The Labute approximate surface area is 42.5 Å². The SMILES string of the molecule is C=CN(CO)CO. The van der Waals surface area contributed by atoms with Crippen LogP contribution >= 0.6 is 0 Å². The van der Waals surface area contributed by atoms with Crippen molar-refractivity contribution in [2.24, 2.45) is 0 Å². The average Bonchev–Trinajstić information content (AvgIpc) is 1.72. The second-order valence-electron chi connectivity index (χ2n) is 1.05. The Hall–Kier alpha value is -0.540. The molecular weight excluding hydrogens is 94.0 g/mol. The maximum absolute atomic E-state index is 8.22. The van der Waals surface area contributed by atoms with Crippen LogP contribution in [0, 0.1) is 0 Å². The van der Waals surface area contributed by atoms with Crippen molar-refractivity contribution in [1.29, 1.82) is 0 Å². The van der Waals surface area contributed by atoms with Crippen molar-refractivity contribution in [3.8, 4) is 0 Å². The summed E-state index contributed by atoms with van der Waals surface area (Å²) in [6, 6.07) is 0. The first-order valence-corrected chi connectivity index (χ1v) is 1.93. The van der Waals surface area contributed by atoms with E-state index >= 15 is 0 Å². The molecule has 0 fully saturated rings. The van der Waals surface area contributed by atoms with E-state index in [1.165, 1.54) is 11.1 Å². The number of hydrogen-bond acceptors (Lipinski definition) is 3. The molecule has 0 atom stereocenters. The van der Waals surface area contributed by atoms with Crippen LogP contribution in [0.25, 0.3) is 0 Å². The minimum absolute atomic E-state index is 0.181. The number of rotatable bonds is 3. The lowest BCUT2D eigenvalue weighted by atomic mass is 10.8. The highest BCUT2D eigenvalue weighted by Crippen LogP contribution is 1.78. The van der Waals surface area contributed by atoms with Gasteiger partial charge in [-0.25, -0.2) is 0 Å². The zero-order valence-electron chi connectivity index (χ0n) is 4.04. The van der Waals surface area contributed by atoms with Crippen molar-refractivity contribution in [1.82, 2.24) is 4.90 Å². The second-order valence-corrected chi connectivity index (χ2v) is 1.05.